The minimum Gasteiger partial charge on any atom is -0.508 e. The van der Waals surface area contributed by atoms with Crippen molar-refractivity contribution >= 4 is 24.2 Å². The van der Waals surface area contributed by atoms with Gasteiger partial charge in [0.2, 0.25) is 11.8 Å². The molecular weight excluding hydrogens is 402 g/mol. The number of nitrogens with two attached hydrogens (primary N) is 1. The number of phenols is 1. The number of aryl methyl sites for hydroxylation is 3. The Morgan fingerprint density at radius 1 is 1.10 bits per heavy atom. The smallest absolute Gasteiger partial charge is 0.242 e. The molecule has 0 aliphatic carbocycles. The lowest BCUT2D eigenvalue weighted by molar-refractivity contribution is -0.129. The Morgan fingerprint density at radius 2 is 1.77 bits per heavy atom. The maximum atomic E-state index is 12.4. The summed E-state index contributed by atoms with van der Waals surface area (Å²) < 4.78 is 0. The Hall–Kier alpha value is -2.57. The lowest BCUT2D eigenvalue weighted by atomic mass is 9.98. The zero-order valence-corrected chi connectivity index (χ0v) is 18.6. The van der Waals surface area contributed by atoms with Crippen molar-refractivity contribution in [1.29, 1.82) is 0 Å². The Morgan fingerprint density at radius 3 is 2.40 bits per heavy atom. The first-order chi connectivity index (χ1) is 13.8. The topological polar surface area (TPSA) is 104 Å². The molecule has 164 valence electrons. The highest BCUT2D eigenvalue weighted by Gasteiger charge is 2.21. The Labute approximate surface area is 184 Å². The van der Waals surface area contributed by atoms with Crippen LogP contribution in [0.3, 0.4) is 0 Å². The SMILES string of the molecule is Cc1cc(C)c(CC(N)C(=O)N[C@H](C)C(=O)NCCCc2ccccc2)c(O)c1.Cl. The molecule has 2 aromatic rings. The third kappa shape index (κ3) is 7.69. The number of carbonyl (C=O) groups is 2. The van der Waals surface area contributed by atoms with Gasteiger partial charge >= 0.3 is 0 Å². The maximum absolute atomic E-state index is 12.4. The number of benzene rings is 2. The number of aromatic hydroxyl groups is 1. The molecule has 0 heterocycles. The van der Waals surface area contributed by atoms with E-state index in [4.69, 9.17) is 5.73 Å². The second kappa shape index (κ2) is 12.2. The normalized spacial score (nSPS) is 12.4. The fourth-order valence-electron chi connectivity index (χ4n) is 3.24. The van der Waals surface area contributed by atoms with E-state index in [0.29, 0.717) is 12.1 Å². The van der Waals surface area contributed by atoms with E-state index < -0.39 is 18.0 Å². The highest BCUT2D eigenvalue weighted by molar-refractivity contribution is 5.89. The summed E-state index contributed by atoms with van der Waals surface area (Å²) in [6.07, 6.45) is 1.91. The van der Waals surface area contributed by atoms with Gasteiger partial charge in [0.05, 0.1) is 6.04 Å². The molecule has 6 nitrogen and oxygen atoms in total. The number of hydrogen-bond acceptors (Lipinski definition) is 4. The third-order valence-electron chi connectivity index (χ3n) is 4.89. The van der Waals surface area contributed by atoms with Gasteiger partial charge in [-0.25, -0.2) is 0 Å². The number of phenolic OH excluding ortho intramolecular Hbond substituents is 1. The second-order valence-corrected chi connectivity index (χ2v) is 7.50. The van der Waals surface area contributed by atoms with Crippen LogP contribution >= 0.6 is 12.4 Å². The van der Waals surface area contributed by atoms with Gasteiger partial charge in [-0.1, -0.05) is 36.4 Å². The van der Waals surface area contributed by atoms with Crippen molar-refractivity contribution in [2.24, 2.45) is 5.73 Å². The Balaban J connectivity index is 0.00000450. The van der Waals surface area contributed by atoms with E-state index in [-0.39, 0.29) is 30.5 Å². The summed E-state index contributed by atoms with van der Waals surface area (Å²) in [6, 6.07) is 12.1. The summed E-state index contributed by atoms with van der Waals surface area (Å²) in [5, 5.41) is 15.6. The predicted octanol–water partition coefficient (Wildman–Crippen LogP) is 2.55. The van der Waals surface area contributed by atoms with E-state index in [0.717, 1.165) is 24.0 Å². The van der Waals surface area contributed by atoms with Crippen molar-refractivity contribution in [2.45, 2.75) is 52.1 Å². The molecule has 5 N–H and O–H groups in total. The summed E-state index contributed by atoms with van der Waals surface area (Å²) in [4.78, 5) is 24.6. The largest absolute Gasteiger partial charge is 0.508 e. The van der Waals surface area contributed by atoms with Gasteiger partial charge in [0.25, 0.3) is 0 Å². The second-order valence-electron chi connectivity index (χ2n) is 7.50. The molecule has 0 bridgehead atoms. The van der Waals surface area contributed by atoms with Crippen LogP contribution in [0.15, 0.2) is 42.5 Å². The highest BCUT2D eigenvalue weighted by Crippen LogP contribution is 2.24. The average molecular weight is 434 g/mol. The number of amides is 2. The number of nitrogens with one attached hydrogen (secondary N) is 2. The number of halogens is 1. The molecule has 30 heavy (non-hydrogen) atoms. The molecule has 2 rings (SSSR count). The van der Waals surface area contributed by atoms with Crippen LogP contribution < -0.4 is 16.4 Å². The van der Waals surface area contributed by atoms with Gasteiger partial charge in [-0.3, -0.25) is 9.59 Å². The lowest BCUT2D eigenvalue weighted by Crippen LogP contribution is -2.51. The van der Waals surface area contributed by atoms with Crippen LogP contribution in [0.25, 0.3) is 0 Å². The van der Waals surface area contributed by atoms with E-state index in [1.165, 1.54) is 5.56 Å². The van der Waals surface area contributed by atoms with E-state index in [1.54, 1.807) is 13.0 Å². The van der Waals surface area contributed by atoms with Crippen LogP contribution in [0, 0.1) is 13.8 Å². The van der Waals surface area contributed by atoms with Gasteiger partial charge in [-0.15, -0.1) is 12.4 Å². The van der Waals surface area contributed by atoms with E-state index >= 15 is 0 Å². The van der Waals surface area contributed by atoms with Crippen LogP contribution in [0.4, 0.5) is 0 Å². The minimum atomic E-state index is -0.851. The quantitative estimate of drug-likeness (QED) is 0.456. The van der Waals surface area contributed by atoms with Crippen LogP contribution in [0.1, 0.15) is 35.6 Å². The summed E-state index contributed by atoms with van der Waals surface area (Å²) in [5.74, 6) is -0.528. The summed E-state index contributed by atoms with van der Waals surface area (Å²) in [5.41, 5.74) is 9.71. The molecule has 7 heteroatoms. The zero-order chi connectivity index (χ0) is 21.4. The number of carbonyl (C=O) groups excluding carboxylic acids is 2. The first-order valence-electron chi connectivity index (χ1n) is 9.94. The summed E-state index contributed by atoms with van der Waals surface area (Å²) in [7, 11) is 0. The van der Waals surface area contributed by atoms with Crippen LogP contribution in [-0.4, -0.2) is 35.5 Å². The average Bonchev–Trinajstić information content (AvgIpc) is 2.68. The lowest BCUT2D eigenvalue weighted by Gasteiger charge is -2.19. The monoisotopic (exact) mass is 433 g/mol. The first-order valence-corrected chi connectivity index (χ1v) is 9.94. The van der Waals surface area contributed by atoms with Crippen molar-refractivity contribution < 1.29 is 14.7 Å². The fourth-order valence-corrected chi connectivity index (χ4v) is 3.24. The molecule has 0 fully saturated rings. The molecule has 0 aromatic heterocycles. The number of rotatable bonds is 9. The third-order valence-corrected chi connectivity index (χ3v) is 4.89. The van der Waals surface area contributed by atoms with Crippen molar-refractivity contribution in [1.82, 2.24) is 10.6 Å². The van der Waals surface area contributed by atoms with Gasteiger partial charge in [-0.05, 0) is 61.9 Å². The molecule has 2 amide bonds. The molecule has 0 spiro atoms. The molecule has 0 aliphatic heterocycles. The molecule has 2 atom stereocenters. The Kier molecular flexibility index (Phi) is 10.4. The van der Waals surface area contributed by atoms with Crippen molar-refractivity contribution in [2.75, 3.05) is 6.54 Å². The molecular formula is C23H32ClN3O3. The van der Waals surface area contributed by atoms with E-state index in [9.17, 15) is 14.7 Å². The number of hydrogen-bond donors (Lipinski definition) is 4. The van der Waals surface area contributed by atoms with E-state index in [1.807, 2.05) is 38.1 Å². The standard InChI is InChI=1S/C23H31N3O3.ClH/c1-15-12-16(2)19(21(27)13-15)14-20(24)23(29)26-17(3)22(28)25-11-7-10-18-8-5-4-6-9-18;/h4-6,8-9,12-13,17,20,27H,7,10-11,14,24H2,1-3H3,(H,25,28)(H,26,29);1H/t17-,20?;/m1./s1. The Bertz CT molecular complexity index is 820. The predicted molar refractivity (Wildman–Crippen MR) is 122 cm³/mol. The molecule has 2 aromatic carbocycles. The summed E-state index contributed by atoms with van der Waals surface area (Å²) >= 11 is 0. The zero-order valence-electron chi connectivity index (χ0n) is 17.8. The minimum absolute atomic E-state index is 0. The van der Waals surface area contributed by atoms with Gasteiger partial charge in [0, 0.05) is 13.0 Å². The van der Waals surface area contributed by atoms with Crippen LogP contribution in [0.5, 0.6) is 5.75 Å². The van der Waals surface area contributed by atoms with Crippen LogP contribution in [-0.2, 0) is 22.4 Å². The summed E-state index contributed by atoms with van der Waals surface area (Å²) in [6.45, 7) is 5.93. The first kappa shape index (κ1) is 25.5. The highest BCUT2D eigenvalue weighted by atomic mass is 35.5. The molecule has 1 unspecified atom stereocenters. The van der Waals surface area contributed by atoms with Crippen molar-refractivity contribution in [3.05, 3.63) is 64.7 Å². The van der Waals surface area contributed by atoms with E-state index in [2.05, 4.69) is 22.8 Å². The van der Waals surface area contributed by atoms with Gasteiger partial charge in [-0.2, -0.15) is 0 Å². The van der Waals surface area contributed by atoms with Gasteiger partial charge in [0.15, 0.2) is 0 Å². The van der Waals surface area contributed by atoms with Crippen molar-refractivity contribution in [3.8, 4) is 5.75 Å². The molecule has 0 saturated carbocycles. The molecule has 0 saturated heterocycles. The molecule has 0 radical (unpaired) electrons. The van der Waals surface area contributed by atoms with Crippen LogP contribution in [0.2, 0.25) is 0 Å². The molecule has 0 aliphatic rings. The fraction of sp³-hybridized carbons (Fsp3) is 0.391. The van der Waals surface area contributed by atoms with Gasteiger partial charge in [0.1, 0.15) is 11.8 Å². The van der Waals surface area contributed by atoms with Gasteiger partial charge < -0.3 is 21.5 Å². The van der Waals surface area contributed by atoms with Crippen molar-refractivity contribution in [3.63, 3.8) is 0 Å². The maximum Gasteiger partial charge on any atom is 0.242 e.